The molecule has 4 N–H and O–H groups in total. The van der Waals surface area contributed by atoms with E-state index in [1.165, 1.54) is 0 Å². The second kappa shape index (κ2) is 4.17. The Morgan fingerprint density at radius 1 is 1.24 bits per heavy atom. The third kappa shape index (κ3) is 2.35. The second-order valence-electron chi connectivity index (χ2n) is 5.66. The summed E-state index contributed by atoms with van der Waals surface area (Å²) in [6.07, 6.45) is 1.35. The van der Waals surface area contributed by atoms with Crippen molar-refractivity contribution in [2.75, 3.05) is 0 Å². The molecule has 1 heterocycles. The largest absolute Gasteiger partial charge is 0.391 e. The second-order valence-corrected chi connectivity index (χ2v) is 5.66. The third-order valence-corrected chi connectivity index (χ3v) is 3.19. The molecule has 0 saturated heterocycles. The standard InChI is InChI=1S/C14H20N2O/c1-14(2,3)13(17)12(15)10-4-5-11-9(8-10)6-7-16-11/h4-8,12-13,16-17H,15H2,1-3H3/t12-,13-/m1/s1. The minimum absolute atomic E-state index is 0.216. The average molecular weight is 232 g/mol. The summed E-state index contributed by atoms with van der Waals surface area (Å²) in [5.74, 6) is 0. The van der Waals surface area contributed by atoms with Gasteiger partial charge in [0.1, 0.15) is 0 Å². The van der Waals surface area contributed by atoms with Crippen LogP contribution in [0.15, 0.2) is 30.5 Å². The minimum atomic E-state index is -0.557. The Balaban J connectivity index is 2.32. The van der Waals surface area contributed by atoms with Gasteiger partial charge >= 0.3 is 0 Å². The van der Waals surface area contributed by atoms with E-state index >= 15 is 0 Å². The van der Waals surface area contributed by atoms with Crippen molar-refractivity contribution >= 4 is 10.9 Å². The van der Waals surface area contributed by atoms with Gasteiger partial charge in [-0.15, -0.1) is 0 Å². The van der Waals surface area contributed by atoms with Crippen molar-refractivity contribution in [2.45, 2.75) is 32.9 Å². The van der Waals surface area contributed by atoms with Crippen molar-refractivity contribution in [1.82, 2.24) is 4.98 Å². The summed E-state index contributed by atoms with van der Waals surface area (Å²) >= 11 is 0. The highest BCUT2D eigenvalue weighted by molar-refractivity contribution is 5.80. The fourth-order valence-electron chi connectivity index (χ4n) is 2.00. The average Bonchev–Trinajstić information content (AvgIpc) is 2.72. The number of aliphatic hydroxyl groups is 1. The maximum Gasteiger partial charge on any atom is 0.0780 e. The molecule has 0 amide bonds. The van der Waals surface area contributed by atoms with Crippen LogP contribution in [-0.2, 0) is 0 Å². The fourth-order valence-corrected chi connectivity index (χ4v) is 2.00. The van der Waals surface area contributed by atoms with Crippen LogP contribution in [0.3, 0.4) is 0 Å². The monoisotopic (exact) mass is 232 g/mol. The van der Waals surface area contributed by atoms with E-state index in [2.05, 4.69) is 4.98 Å². The SMILES string of the molecule is CC(C)(C)[C@H](O)[C@H](N)c1ccc2[nH]ccc2c1. The van der Waals surface area contributed by atoms with Crippen LogP contribution in [0.25, 0.3) is 10.9 Å². The molecule has 0 saturated carbocycles. The van der Waals surface area contributed by atoms with E-state index in [0.29, 0.717) is 0 Å². The van der Waals surface area contributed by atoms with Gasteiger partial charge in [0.05, 0.1) is 12.1 Å². The molecule has 1 aromatic carbocycles. The maximum atomic E-state index is 10.2. The molecule has 3 heteroatoms. The molecule has 17 heavy (non-hydrogen) atoms. The number of aromatic nitrogens is 1. The highest BCUT2D eigenvalue weighted by Gasteiger charge is 2.29. The summed E-state index contributed by atoms with van der Waals surface area (Å²) in [7, 11) is 0. The molecule has 2 rings (SSSR count). The van der Waals surface area contributed by atoms with Gasteiger partial charge < -0.3 is 15.8 Å². The summed E-state index contributed by atoms with van der Waals surface area (Å²) in [5.41, 5.74) is 7.97. The molecule has 2 atom stereocenters. The van der Waals surface area contributed by atoms with Crippen molar-refractivity contribution in [1.29, 1.82) is 0 Å². The first-order valence-corrected chi connectivity index (χ1v) is 5.90. The van der Waals surface area contributed by atoms with Crippen LogP contribution in [0.4, 0.5) is 0 Å². The quantitative estimate of drug-likeness (QED) is 0.745. The molecule has 0 unspecified atom stereocenters. The lowest BCUT2D eigenvalue weighted by Crippen LogP contribution is -2.36. The molecule has 0 spiro atoms. The zero-order valence-corrected chi connectivity index (χ0v) is 10.6. The Hall–Kier alpha value is -1.32. The highest BCUT2D eigenvalue weighted by Crippen LogP contribution is 2.29. The third-order valence-electron chi connectivity index (χ3n) is 3.19. The molecule has 0 fully saturated rings. The number of nitrogens with one attached hydrogen (secondary N) is 1. The van der Waals surface area contributed by atoms with Crippen LogP contribution in [0, 0.1) is 5.41 Å². The van der Waals surface area contributed by atoms with Gasteiger partial charge in [0.25, 0.3) is 0 Å². The smallest absolute Gasteiger partial charge is 0.0780 e. The molecule has 0 radical (unpaired) electrons. The maximum absolute atomic E-state index is 10.2. The van der Waals surface area contributed by atoms with E-state index in [1.54, 1.807) is 0 Å². The van der Waals surface area contributed by atoms with E-state index in [0.717, 1.165) is 16.5 Å². The molecule has 2 aromatic rings. The summed E-state index contributed by atoms with van der Waals surface area (Å²) in [4.78, 5) is 3.14. The van der Waals surface area contributed by atoms with Gasteiger partial charge in [-0.25, -0.2) is 0 Å². The van der Waals surface area contributed by atoms with Gasteiger partial charge in [-0.2, -0.15) is 0 Å². The number of H-pyrrole nitrogens is 1. The predicted molar refractivity (Wildman–Crippen MR) is 70.7 cm³/mol. The van der Waals surface area contributed by atoms with Crippen LogP contribution in [0.2, 0.25) is 0 Å². The summed E-state index contributed by atoms with van der Waals surface area (Å²) in [5, 5.41) is 11.3. The molecule has 0 aliphatic heterocycles. The van der Waals surface area contributed by atoms with Gasteiger partial charge in [0.2, 0.25) is 0 Å². The summed E-state index contributed by atoms with van der Waals surface area (Å²) < 4.78 is 0. The van der Waals surface area contributed by atoms with Crippen LogP contribution in [0.1, 0.15) is 32.4 Å². The number of rotatable bonds is 2. The topological polar surface area (TPSA) is 62.0 Å². The van der Waals surface area contributed by atoms with E-state index < -0.39 is 6.10 Å². The molecule has 0 aliphatic rings. The minimum Gasteiger partial charge on any atom is -0.391 e. The van der Waals surface area contributed by atoms with Crippen molar-refractivity contribution in [3.63, 3.8) is 0 Å². The number of benzene rings is 1. The number of fused-ring (bicyclic) bond motifs is 1. The van der Waals surface area contributed by atoms with Crippen LogP contribution < -0.4 is 5.73 Å². The van der Waals surface area contributed by atoms with E-state index in [9.17, 15) is 5.11 Å². The van der Waals surface area contributed by atoms with Crippen LogP contribution >= 0.6 is 0 Å². The van der Waals surface area contributed by atoms with Crippen LogP contribution in [-0.4, -0.2) is 16.2 Å². The number of aromatic amines is 1. The molecular formula is C14H20N2O. The van der Waals surface area contributed by atoms with E-state index in [4.69, 9.17) is 5.73 Å². The molecule has 0 bridgehead atoms. The molecule has 92 valence electrons. The van der Waals surface area contributed by atoms with Crippen molar-refractivity contribution in [3.8, 4) is 0 Å². The Labute approximate surface area is 102 Å². The Bertz CT molecular complexity index is 510. The van der Waals surface area contributed by atoms with Crippen molar-refractivity contribution < 1.29 is 5.11 Å². The Morgan fingerprint density at radius 2 is 1.94 bits per heavy atom. The first kappa shape index (κ1) is 12.1. The lowest BCUT2D eigenvalue weighted by molar-refractivity contribution is 0.0401. The van der Waals surface area contributed by atoms with Gasteiger partial charge in [-0.3, -0.25) is 0 Å². The Morgan fingerprint density at radius 3 is 2.59 bits per heavy atom. The predicted octanol–water partition coefficient (Wildman–Crippen LogP) is 2.57. The lowest BCUT2D eigenvalue weighted by atomic mass is 9.82. The normalized spacial score (nSPS) is 16.1. The van der Waals surface area contributed by atoms with E-state index in [1.807, 2.05) is 51.2 Å². The highest BCUT2D eigenvalue weighted by atomic mass is 16.3. The zero-order chi connectivity index (χ0) is 12.6. The molecule has 1 aromatic heterocycles. The van der Waals surface area contributed by atoms with Gasteiger partial charge in [-0.1, -0.05) is 26.8 Å². The van der Waals surface area contributed by atoms with Crippen LogP contribution in [0.5, 0.6) is 0 Å². The number of nitrogens with two attached hydrogens (primary N) is 1. The fraction of sp³-hybridized carbons (Fsp3) is 0.429. The van der Waals surface area contributed by atoms with Gasteiger partial charge in [0.15, 0.2) is 0 Å². The molecular weight excluding hydrogens is 212 g/mol. The lowest BCUT2D eigenvalue weighted by Gasteiger charge is -2.31. The number of hydrogen-bond acceptors (Lipinski definition) is 2. The Kier molecular flexibility index (Phi) is 2.98. The van der Waals surface area contributed by atoms with Gasteiger partial charge in [0, 0.05) is 11.7 Å². The van der Waals surface area contributed by atoms with Gasteiger partial charge in [-0.05, 0) is 34.6 Å². The summed E-state index contributed by atoms with van der Waals surface area (Å²) in [6, 6.07) is 7.66. The molecule has 3 nitrogen and oxygen atoms in total. The summed E-state index contributed by atoms with van der Waals surface area (Å²) in [6.45, 7) is 5.98. The number of hydrogen-bond donors (Lipinski definition) is 3. The van der Waals surface area contributed by atoms with Crippen molar-refractivity contribution in [2.24, 2.45) is 11.1 Å². The zero-order valence-electron chi connectivity index (χ0n) is 10.6. The first-order valence-electron chi connectivity index (χ1n) is 5.90. The number of aliphatic hydroxyl groups excluding tert-OH is 1. The van der Waals surface area contributed by atoms with Crippen molar-refractivity contribution in [3.05, 3.63) is 36.0 Å². The van der Waals surface area contributed by atoms with E-state index in [-0.39, 0.29) is 11.5 Å². The molecule has 0 aliphatic carbocycles. The first-order chi connectivity index (χ1) is 7.89.